The third-order valence-corrected chi connectivity index (χ3v) is 5.39. The van der Waals surface area contributed by atoms with Gasteiger partial charge in [-0.3, -0.25) is 9.59 Å². The van der Waals surface area contributed by atoms with E-state index >= 15 is 0 Å². The molecule has 3 N–H and O–H groups in total. The number of thioether (sulfide) groups is 1. The SMILES string of the molecule is O=C(CSc1nnc(NCc2ccco2)s1)NCC(=O)Nc1ccc(F)c(F)c1. The standard InChI is InChI=1S/C17H15F2N5O3S2/c18-12-4-3-10(6-13(12)19)22-14(25)8-20-15(26)9-28-17-24-23-16(29-17)21-7-11-2-1-5-27-11/h1-6H,7-9H2,(H,20,26)(H,21,23)(H,22,25). The van der Waals surface area contributed by atoms with Gasteiger partial charge in [0.05, 0.1) is 25.1 Å². The largest absolute Gasteiger partial charge is 0.467 e. The Bertz CT molecular complexity index is 981. The summed E-state index contributed by atoms with van der Waals surface area (Å²) in [5, 5.41) is 16.4. The second kappa shape index (κ2) is 9.98. The lowest BCUT2D eigenvalue weighted by Crippen LogP contribution is -2.33. The van der Waals surface area contributed by atoms with Crippen molar-refractivity contribution >= 4 is 45.7 Å². The minimum absolute atomic E-state index is 0.0469. The monoisotopic (exact) mass is 439 g/mol. The quantitative estimate of drug-likeness (QED) is 0.440. The van der Waals surface area contributed by atoms with Crippen molar-refractivity contribution in [1.82, 2.24) is 15.5 Å². The van der Waals surface area contributed by atoms with Gasteiger partial charge in [0.15, 0.2) is 16.0 Å². The molecular formula is C17H15F2N5O3S2. The highest BCUT2D eigenvalue weighted by molar-refractivity contribution is 8.01. The second-order valence-electron chi connectivity index (χ2n) is 5.55. The molecule has 0 fully saturated rings. The molecule has 0 spiro atoms. The predicted molar refractivity (Wildman–Crippen MR) is 105 cm³/mol. The van der Waals surface area contributed by atoms with E-state index in [1.807, 2.05) is 6.07 Å². The molecule has 1 aromatic carbocycles. The van der Waals surface area contributed by atoms with Crippen molar-refractivity contribution in [2.24, 2.45) is 0 Å². The van der Waals surface area contributed by atoms with Crippen LogP contribution in [0.2, 0.25) is 0 Å². The highest BCUT2D eigenvalue weighted by Gasteiger charge is 2.11. The van der Waals surface area contributed by atoms with E-state index in [2.05, 4.69) is 26.1 Å². The van der Waals surface area contributed by atoms with Crippen LogP contribution in [0.5, 0.6) is 0 Å². The number of carbonyl (C=O) groups excluding carboxylic acids is 2. The topological polar surface area (TPSA) is 109 Å². The summed E-state index contributed by atoms with van der Waals surface area (Å²) in [6, 6.07) is 6.60. The number of nitrogens with zero attached hydrogens (tertiary/aromatic N) is 2. The van der Waals surface area contributed by atoms with E-state index in [4.69, 9.17) is 4.42 Å². The molecule has 0 saturated heterocycles. The van der Waals surface area contributed by atoms with Crippen molar-refractivity contribution in [1.29, 1.82) is 0 Å². The van der Waals surface area contributed by atoms with Crippen LogP contribution in [0.3, 0.4) is 0 Å². The van der Waals surface area contributed by atoms with Crippen molar-refractivity contribution in [2.45, 2.75) is 10.9 Å². The normalized spacial score (nSPS) is 10.6. The van der Waals surface area contributed by atoms with Crippen molar-refractivity contribution in [3.8, 4) is 0 Å². The zero-order valence-electron chi connectivity index (χ0n) is 14.8. The molecule has 2 heterocycles. The van der Waals surface area contributed by atoms with Gasteiger partial charge in [0.2, 0.25) is 16.9 Å². The lowest BCUT2D eigenvalue weighted by molar-refractivity contribution is -0.122. The van der Waals surface area contributed by atoms with Crippen LogP contribution in [0.25, 0.3) is 0 Å². The molecule has 12 heteroatoms. The molecule has 8 nitrogen and oxygen atoms in total. The molecule has 3 rings (SSSR count). The third kappa shape index (κ3) is 6.54. The Balaban J connectivity index is 1.36. The number of hydrogen-bond donors (Lipinski definition) is 3. The summed E-state index contributed by atoms with van der Waals surface area (Å²) in [5.41, 5.74) is 0.0981. The van der Waals surface area contributed by atoms with E-state index in [1.54, 1.807) is 12.3 Å². The first-order chi connectivity index (χ1) is 14.0. The van der Waals surface area contributed by atoms with Crippen molar-refractivity contribution in [3.05, 3.63) is 54.0 Å². The van der Waals surface area contributed by atoms with E-state index in [-0.39, 0.29) is 23.9 Å². The first kappa shape index (κ1) is 20.7. The zero-order chi connectivity index (χ0) is 20.6. The molecule has 0 aliphatic heterocycles. The molecule has 2 amide bonds. The predicted octanol–water partition coefficient (Wildman–Crippen LogP) is 2.87. The summed E-state index contributed by atoms with van der Waals surface area (Å²) in [6.45, 7) is 0.171. The van der Waals surface area contributed by atoms with Crippen LogP contribution < -0.4 is 16.0 Å². The van der Waals surface area contributed by atoms with Gasteiger partial charge in [-0.15, -0.1) is 10.2 Å². The highest BCUT2D eigenvalue weighted by atomic mass is 32.2. The van der Waals surface area contributed by atoms with E-state index in [0.717, 1.165) is 17.9 Å². The molecule has 0 unspecified atom stereocenters. The van der Waals surface area contributed by atoms with Gasteiger partial charge >= 0.3 is 0 Å². The molecule has 2 aromatic heterocycles. The molecule has 0 bridgehead atoms. The number of anilines is 2. The Kier molecular flexibility index (Phi) is 7.14. The van der Waals surface area contributed by atoms with Crippen molar-refractivity contribution in [2.75, 3.05) is 22.9 Å². The third-order valence-electron chi connectivity index (χ3n) is 3.38. The molecular weight excluding hydrogens is 424 g/mol. The fraction of sp³-hybridized carbons (Fsp3) is 0.176. The van der Waals surface area contributed by atoms with E-state index < -0.39 is 17.5 Å². The molecule has 3 aromatic rings. The number of hydrogen-bond acceptors (Lipinski definition) is 8. The Morgan fingerprint density at radius 3 is 2.76 bits per heavy atom. The van der Waals surface area contributed by atoms with Gasteiger partial charge in [-0.2, -0.15) is 0 Å². The van der Waals surface area contributed by atoms with Crippen LogP contribution in [-0.4, -0.2) is 34.3 Å². The summed E-state index contributed by atoms with van der Waals surface area (Å²) in [5.74, 6) is -2.21. The van der Waals surface area contributed by atoms with Crippen LogP contribution in [0.15, 0.2) is 45.4 Å². The van der Waals surface area contributed by atoms with Gasteiger partial charge in [-0.1, -0.05) is 23.1 Å². The maximum absolute atomic E-state index is 13.1. The molecule has 29 heavy (non-hydrogen) atoms. The van der Waals surface area contributed by atoms with Crippen molar-refractivity contribution < 1.29 is 22.8 Å². The number of carbonyl (C=O) groups is 2. The van der Waals surface area contributed by atoms with Gasteiger partial charge in [0, 0.05) is 11.8 Å². The van der Waals surface area contributed by atoms with Crippen molar-refractivity contribution in [3.63, 3.8) is 0 Å². The number of rotatable bonds is 9. The summed E-state index contributed by atoms with van der Waals surface area (Å²) in [6.07, 6.45) is 1.58. The first-order valence-electron chi connectivity index (χ1n) is 8.24. The Morgan fingerprint density at radius 1 is 1.14 bits per heavy atom. The molecule has 0 aliphatic carbocycles. The average Bonchev–Trinajstić information content (AvgIpc) is 3.37. The van der Waals surface area contributed by atoms with E-state index in [9.17, 15) is 18.4 Å². The highest BCUT2D eigenvalue weighted by Crippen LogP contribution is 2.25. The average molecular weight is 439 g/mol. The van der Waals surface area contributed by atoms with Crippen LogP contribution in [-0.2, 0) is 16.1 Å². The number of furan rings is 1. The fourth-order valence-corrected chi connectivity index (χ4v) is 3.63. The van der Waals surface area contributed by atoms with Gasteiger partial charge in [0.1, 0.15) is 5.76 Å². The van der Waals surface area contributed by atoms with E-state index in [1.165, 1.54) is 29.2 Å². The van der Waals surface area contributed by atoms with E-state index in [0.29, 0.717) is 16.0 Å². The summed E-state index contributed by atoms with van der Waals surface area (Å²) in [7, 11) is 0. The smallest absolute Gasteiger partial charge is 0.243 e. The maximum atomic E-state index is 13.1. The molecule has 0 saturated carbocycles. The van der Waals surface area contributed by atoms with Gasteiger partial charge in [-0.25, -0.2) is 8.78 Å². The summed E-state index contributed by atoms with van der Waals surface area (Å²) in [4.78, 5) is 23.6. The fourth-order valence-electron chi connectivity index (χ4n) is 2.05. The first-order valence-corrected chi connectivity index (χ1v) is 10.0. The Labute approximate surface area is 172 Å². The van der Waals surface area contributed by atoms with Crippen LogP contribution >= 0.6 is 23.1 Å². The zero-order valence-corrected chi connectivity index (χ0v) is 16.4. The second-order valence-corrected chi connectivity index (χ2v) is 7.75. The Hall–Kier alpha value is -2.99. The number of benzene rings is 1. The molecule has 0 atom stereocenters. The van der Waals surface area contributed by atoms with Crippen LogP contribution in [0.1, 0.15) is 5.76 Å². The molecule has 0 aliphatic rings. The minimum Gasteiger partial charge on any atom is -0.467 e. The minimum atomic E-state index is -1.07. The number of nitrogens with one attached hydrogen (secondary N) is 3. The summed E-state index contributed by atoms with van der Waals surface area (Å²) < 4.78 is 31.8. The van der Waals surface area contributed by atoms with Gasteiger partial charge < -0.3 is 20.4 Å². The number of aromatic nitrogens is 2. The summed E-state index contributed by atoms with van der Waals surface area (Å²) >= 11 is 2.47. The van der Waals surface area contributed by atoms with Gasteiger partial charge in [0.25, 0.3) is 0 Å². The van der Waals surface area contributed by atoms with Crippen LogP contribution in [0.4, 0.5) is 19.6 Å². The van der Waals surface area contributed by atoms with Gasteiger partial charge in [-0.05, 0) is 24.3 Å². The molecule has 152 valence electrons. The maximum Gasteiger partial charge on any atom is 0.243 e. The number of halogens is 2. The Morgan fingerprint density at radius 2 is 2.00 bits per heavy atom. The molecule has 0 radical (unpaired) electrons. The number of amides is 2. The van der Waals surface area contributed by atoms with Crippen LogP contribution in [0, 0.1) is 11.6 Å². The lowest BCUT2D eigenvalue weighted by Gasteiger charge is -2.07. The lowest BCUT2D eigenvalue weighted by atomic mass is 10.3.